The van der Waals surface area contributed by atoms with Crippen molar-refractivity contribution in [2.45, 2.75) is 20.8 Å². The Morgan fingerprint density at radius 2 is 1.75 bits per heavy atom. The van der Waals surface area contributed by atoms with Crippen molar-refractivity contribution < 1.29 is 14.3 Å². The van der Waals surface area contributed by atoms with Crippen molar-refractivity contribution in [3.8, 4) is 11.3 Å². The third kappa shape index (κ3) is 4.23. The van der Waals surface area contributed by atoms with E-state index in [0.717, 1.165) is 16.7 Å². The van der Waals surface area contributed by atoms with Gasteiger partial charge in [0.1, 0.15) is 0 Å². The van der Waals surface area contributed by atoms with Crippen LogP contribution < -0.4 is 5.32 Å². The molecule has 162 valence electrons. The Labute approximate surface area is 186 Å². The normalized spacial score (nSPS) is 10.9. The maximum atomic E-state index is 13.0. The van der Waals surface area contributed by atoms with E-state index in [4.69, 9.17) is 4.74 Å². The molecule has 0 fully saturated rings. The fraction of sp³-hybridized carbons (Fsp3) is 0.200. The highest BCUT2D eigenvalue weighted by Crippen LogP contribution is 2.27. The fourth-order valence-electron chi connectivity index (χ4n) is 3.59. The number of amides is 1. The van der Waals surface area contributed by atoms with Crippen LogP contribution in [0.4, 0.5) is 5.69 Å². The van der Waals surface area contributed by atoms with E-state index >= 15 is 0 Å². The zero-order valence-corrected chi connectivity index (χ0v) is 18.5. The molecule has 4 rings (SSSR count). The lowest BCUT2D eigenvalue weighted by molar-refractivity contribution is -0.119. The molecule has 0 atom stereocenters. The van der Waals surface area contributed by atoms with Crippen LogP contribution in [-0.4, -0.2) is 33.2 Å². The highest BCUT2D eigenvalue weighted by molar-refractivity contribution is 6.05. The van der Waals surface area contributed by atoms with Crippen LogP contribution >= 0.6 is 0 Å². The number of benzene rings is 2. The minimum absolute atomic E-state index is 0.332. The van der Waals surface area contributed by atoms with E-state index in [1.165, 1.54) is 0 Å². The lowest BCUT2D eigenvalue weighted by Crippen LogP contribution is -2.21. The number of esters is 1. The number of hydrogen-bond donors (Lipinski definition) is 1. The number of nitrogens with one attached hydrogen (secondary N) is 1. The molecule has 0 aliphatic heterocycles. The average molecular weight is 428 g/mol. The number of hydrogen-bond acceptors (Lipinski definition) is 5. The standard InChI is InChI=1S/C25H24N4O3/c1-15-10-11-19(12-16(15)2)26-22(30)14-32-25(31)20-13-21(18-8-6-5-7-9-18)27-24-23(20)17(3)28-29(24)4/h5-13H,14H2,1-4H3,(H,26,30). The third-order valence-electron chi connectivity index (χ3n) is 5.38. The van der Waals surface area contributed by atoms with Gasteiger partial charge in [0.15, 0.2) is 12.3 Å². The molecule has 1 amide bonds. The van der Waals surface area contributed by atoms with E-state index in [-0.39, 0.29) is 0 Å². The molecule has 2 aromatic carbocycles. The van der Waals surface area contributed by atoms with Crippen molar-refractivity contribution in [3.05, 3.63) is 77.0 Å². The van der Waals surface area contributed by atoms with Gasteiger partial charge in [-0.1, -0.05) is 36.4 Å². The molecule has 0 saturated heterocycles. The number of carbonyl (C=O) groups is 2. The Morgan fingerprint density at radius 3 is 2.47 bits per heavy atom. The lowest BCUT2D eigenvalue weighted by Gasteiger charge is -2.10. The molecular formula is C25H24N4O3. The van der Waals surface area contributed by atoms with Gasteiger partial charge < -0.3 is 10.1 Å². The maximum Gasteiger partial charge on any atom is 0.339 e. The zero-order valence-electron chi connectivity index (χ0n) is 18.5. The minimum atomic E-state index is -0.596. The number of nitrogens with zero attached hydrogens (tertiary/aromatic N) is 3. The van der Waals surface area contributed by atoms with Crippen molar-refractivity contribution in [2.24, 2.45) is 7.05 Å². The van der Waals surface area contributed by atoms with Gasteiger partial charge in [-0.2, -0.15) is 5.10 Å². The summed E-state index contributed by atoms with van der Waals surface area (Å²) in [4.78, 5) is 30.0. The predicted octanol–water partition coefficient (Wildman–Crippen LogP) is 4.36. The van der Waals surface area contributed by atoms with Crippen LogP contribution in [0.15, 0.2) is 54.6 Å². The average Bonchev–Trinajstić information content (AvgIpc) is 3.08. The highest BCUT2D eigenvalue weighted by Gasteiger charge is 2.21. The summed E-state index contributed by atoms with van der Waals surface area (Å²) in [5.74, 6) is -1.00. The van der Waals surface area contributed by atoms with Crippen molar-refractivity contribution in [3.63, 3.8) is 0 Å². The van der Waals surface area contributed by atoms with Gasteiger partial charge in [0.05, 0.1) is 22.3 Å². The lowest BCUT2D eigenvalue weighted by atomic mass is 10.1. The largest absolute Gasteiger partial charge is 0.452 e. The first-order valence-corrected chi connectivity index (χ1v) is 10.3. The third-order valence-corrected chi connectivity index (χ3v) is 5.38. The number of ether oxygens (including phenoxy) is 1. The SMILES string of the molecule is Cc1ccc(NC(=O)COC(=O)c2cc(-c3ccccc3)nc3c2c(C)nn3C)cc1C. The van der Waals surface area contributed by atoms with Gasteiger partial charge in [0, 0.05) is 18.3 Å². The minimum Gasteiger partial charge on any atom is -0.452 e. The van der Waals surface area contributed by atoms with Gasteiger partial charge in [0.25, 0.3) is 5.91 Å². The van der Waals surface area contributed by atoms with Gasteiger partial charge in [0.2, 0.25) is 0 Å². The zero-order chi connectivity index (χ0) is 22.8. The van der Waals surface area contributed by atoms with Crippen molar-refractivity contribution >= 4 is 28.6 Å². The number of rotatable bonds is 5. The molecule has 0 aliphatic rings. The summed E-state index contributed by atoms with van der Waals surface area (Å²) in [6.45, 7) is 5.40. The number of aromatic nitrogens is 3. The van der Waals surface area contributed by atoms with Gasteiger partial charge >= 0.3 is 5.97 Å². The number of fused-ring (bicyclic) bond motifs is 1. The summed E-state index contributed by atoms with van der Waals surface area (Å²) in [5.41, 5.74) is 5.95. The molecule has 4 aromatic rings. The topological polar surface area (TPSA) is 86.1 Å². The number of pyridine rings is 1. The summed E-state index contributed by atoms with van der Waals surface area (Å²) < 4.78 is 7.00. The highest BCUT2D eigenvalue weighted by atomic mass is 16.5. The monoisotopic (exact) mass is 428 g/mol. The molecule has 7 nitrogen and oxygen atoms in total. The van der Waals surface area contributed by atoms with Crippen molar-refractivity contribution in [2.75, 3.05) is 11.9 Å². The van der Waals surface area contributed by atoms with Gasteiger partial charge in [-0.25, -0.2) is 9.78 Å². The van der Waals surface area contributed by atoms with E-state index in [1.807, 2.05) is 69.3 Å². The molecular weight excluding hydrogens is 404 g/mol. The number of anilines is 1. The first kappa shape index (κ1) is 21.2. The number of aryl methyl sites for hydroxylation is 4. The van der Waals surface area contributed by atoms with Crippen molar-refractivity contribution in [1.82, 2.24) is 14.8 Å². The van der Waals surface area contributed by atoms with Crippen LogP contribution in [0, 0.1) is 20.8 Å². The molecule has 0 spiro atoms. The summed E-state index contributed by atoms with van der Waals surface area (Å²) in [7, 11) is 1.78. The van der Waals surface area contributed by atoms with Gasteiger partial charge in [-0.15, -0.1) is 0 Å². The van der Waals surface area contributed by atoms with Crippen LogP contribution in [0.25, 0.3) is 22.3 Å². The van der Waals surface area contributed by atoms with E-state index in [9.17, 15) is 9.59 Å². The molecule has 2 heterocycles. The van der Waals surface area contributed by atoms with Gasteiger partial charge in [-0.05, 0) is 50.1 Å². The Bertz CT molecular complexity index is 1330. The van der Waals surface area contributed by atoms with Crippen LogP contribution in [0.5, 0.6) is 0 Å². The second-order valence-electron chi connectivity index (χ2n) is 7.75. The van der Waals surface area contributed by atoms with E-state index in [0.29, 0.717) is 33.7 Å². The quantitative estimate of drug-likeness (QED) is 0.478. The Kier molecular flexibility index (Phi) is 5.73. The molecule has 0 aliphatic carbocycles. The van der Waals surface area contributed by atoms with Crippen LogP contribution in [-0.2, 0) is 16.6 Å². The molecule has 32 heavy (non-hydrogen) atoms. The Morgan fingerprint density at radius 1 is 1.00 bits per heavy atom. The maximum absolute atomic E-state index is 13.0. The van der Waals surface area contributed by atoms with Crippen LogP contribution in [0.1, 0.15) is 27.2 Å². The summed E-state index contributed by atoms with van der Waals surface area (Å²) >= 11 is 0. The smallest absolute Gasteiger partial charge is 0.339 e. The molecule has 0 saturated carbocycles. The molecule has 7 heteroatoms. The molecule has 0 unspecified atom stereocenters. The van der Waals surface area contributed by atoms with E-state index in [1.54, 1.807) is 17.8 Å². The van der Waals surface area contributed by atoms with E-state index in [2.05, 4.69) is 15.4 Å². The Hall–Kier alpha value is -4.00. The number of carbonyl (C=O) groups excluding carboxylic acids is 2. The predicted molar refractivity (Wildman–Crippen MR) is 124 cm³/mol. The first-order chi connectivity index (χ1) is 15.3. The van der Waals surface area contributed by atoms with Crippen LogP contribution in [0.3, 0.4) is 0 Å². The second kappa shape index (κ2) is 8.63. The first-order valence-electron chi connectivity index (χ1n) is 10.3. The van der Waals surface area contributed by atoms with Crippen LogP contribution in [0.2, 0.25) is 0 Å². The molecule has 0 radical (unpaired) electrons. The fourth-order valence-corrected chi connectivity index (χ4v) is 3.59. The van der Waals surface area contributed by atoms with E-state index < -0.39 is 18.5 Å². The molecule has 0 bridgehead atoms. The Balaban J connectivity index is 1.58. The summed E-state index contributed by atoms with van der Waals surface area (Å²) in [5, 5.41) is 7.78. The summed E-state index contributed by atoms with van der Waals surface area (Å²) in [6, 6.07) is 16.9. The second-order valence-corrected chi connectivity index (χ2v) is 7.75. The van der Waals surface area contributed by atoms with Crippen molar-refractivity contribution in [1.29, 1.82) is 0 Å². The van der Waals surface area contributed by atoms with Gasteiger partial charge in [-0.3, -0.25) is 9.48 Å². The summed E-state index contributed by atoms with van der Waals surface area (Å²) in [6.07, 6.45) is 0. The molecule has 2 aromatic heterocycles. The molecule has 1 N–H and O–H groups in total.